The number of nitrogen functional groups attached to an aromatic ring is 1. The lowest BCUT2D eigenvalue weighted by Crippen LogP contribution is -2.28. The summed E-state index contributed by atoms with van der Waals surface area (Å²) in [4.78, 5) is 28.4. The predicted octanol–water partition coefficient (Wildman–Crippen LogP) is 3.70. The fourth-order valence-corrected chi connectivity index (χ4v) is 3.41. The van der Waals surface area contributed by atoms with Crippen LogP contribution in [-0.2, 0) is 4.74 Å². The zero-order valence-corrected chi connectivity index (χ0v) is 21.4. The van der Waals surface area contributed by atoms with Gasteiger partial charge in [-0.25, -0.2) is 4.79 Å². The van der Waals surface area contributed by atoms with Gasteiger partial charge in [0.15, 0.2) is 0 Å². The number of ether oxygens (including phenoxy) is 3. The summed E-state index contributed by atoms with van der Waals surface area (Å²) in [5.74, 6) is 0.801. The molecule has 0 radical (unpaired) electrons. The highest BCUT2D eigenvalue weighted by molar-refractivity contribution is 6.10. The van der Waals surface area contributed by atoms with Crippen LogP contribution in [0, 0.1) is 6.92 Å². The molecule has 35 heavy (non-hydrogen) atoms. The van der Waals surface area contributed by atoms with E-state index >= 15 is 0 Å². The van der Waals surface area contributed by atoms with E-state index in [2.05, 4.69) is 5.32 Å². The zero-order valence-electron chi connectivity index (χ0n) is 21.4. The van der Waals surface area contributed by atoms with Crippen LogP contribution in [0.1, 0.15) is 35.2 Å². The Bertz CT molecular complexity index is 980. The molecule has 0 unspecified atom stereocenters. The Morgan fingerprint density at radius 1 is 1.00 bits per heavy atom. The van der Waals surface area contributed by atoms with Crippen molar-refractivity contribution in [2.75, 3.05) is 65.2 Å². The Kier molecular flexibility index (Phi) is 11.2. The van der Waals surface area contributed by atoms with Crippen LogP contribution in [0.3, 0.4) is 0 Å². The third kappa shape index (κ3) is 8.68. The van der Waals surface area contributed by atoms with Crippen LogP contribution in [0.15, 0.2) is 36.4 Å². The second kappa shape index (κ2) is 14.1. The monoisotopic (exact) mass is 486 g/mol. The lowest BCUT2D eigenvalue weighted by Gasteiger charge is -2.22. The lowest BCUT2D eigenvalue weighted by atomic mass is 10.1. The topological polar surface area (TPSA) is 106 Å². The second-order valence-corrected chi connectivity index (χ2v) is 8.53. The standard InChI is InChI=1S/C26H38N4O5/c1-19-12-13-21(30(4)25(31)20-10-8-11-22(33-5)24(20)27)23(18-19)34-16-7-6-14-28-26(32)35-17-9-15-29(2)3/h8,10-13,18H,6-7,9,14-17,27H2,1-5H3,(H,28,32). The molecule has 3 N–H and O–H groups in total. The van der Waals surface area contributed by atoms with E-state index in [9.17, 15) is 9.59 Å². The molecule has 0 bridgehead atoms. The number of benzene rings is 2. The lowest BCUT2D eigenvalue weighted by molar-refractivity contribution is 0.0992. The minimum atomic E-state index is -0.400. The summed E-state index contributed by atoms with van der Waals surface area (Å²) in [5, 5.41) is 2.75. The Balaban J connectivity index is 1.87. The van der Waals surface area contributed by atoms with Crippen molar-refractivity contribution in [2.45, 2.75) is 26.2 Å². The average Bonchev–Trinajstić information content (AvgIpc) is 2.83. The highest BCUT2D eigenvalue weighted by Gasteiger charge is 2.21. The number of hydrogen-bond acceptors (Lipinski definition) is 7. The van der Waals surface area contributed by atoms with Crippen molar-refractivity contribution in [1.82, 2.24) is 10.2 Å². The summed E-state index contributed by atoms with van der Waals surface area (Å²) in [7, 11) is 7.16. The van der Waals surface area contributed by atoms with Crippen molar-refractivity contribution in [3.8, 4) is 11.5 Å². The van der Waals surface area contributed by atoms with E-state index < -0.39 is 6.09 Å². The number of para-hydroxylation sites is 1. The summed E-state index contributed by atoms with van der Waals surface area (Å²) in [5.41, 5.74) is 8.44. The van der Waals surface area contributed by atoms with Gasteiger partial charge in [0.2, 0.25) is 0 Å². The fourth-order valence-electron chi connectivity index (χ4n) is 3.41. The number of unbranched alkanes of at least 4 members (excludes halogenated alkanes) is 1. The third-order valence-corrected chi connectivity index (χ3v) is 5.38. The van der Waals surface area contributed by atoms with E-state index in [4.69, 9.17) is 19.9 Å². The van der Waals surface area contributed by atoms with Crippen LogP contribution in [-0.4, -0.2) is 71.5 Å². The maximum Gasteiger partial charge on any atom is 0.407 e. The molecule has 9 heteroatoms. The van der Waals surface area contributed by atoms with Gasteiger partial charge in [0.1, 0.15) is 11.5 Å². The summed E-state index contributed by atoms with van der Waals surface area (Å²) < 4.78 is 16.4. The predicted molar refractivity (Wildman–Crippen MR) is 139 cm³/mol. The van der Waals surface area contributed by atoms with Gasteiger partial charge >= 0.3 is 6.09 Å². The molecule has 0 saturated carbocycles. The van der Waals surface area contributed by atoms with E-state index in [1.807, 2.05) is 44.1 Å². The van der Waals surface area contributed by atoms with Gasteiger partial charge in [-0.1, -0.05) is 12.1 Å². The molecule has 0 aliphatic carbocycles. The molecule has 192 valence electrons. The molecule has 0 aliphatic heterocycles. The molecule has 0 fully saturated rings. The molecular weight excluding hydrogens is 448 g/mol. The van der Waals surface area contributed by atoms with Gasteiger partial charge in [-0.2, -0.15) is 0 Å². The van der Waals surface area contributed by atoms with Gasteiger partial charge in [-0.3, -0.25) is 4.79 Å². The number of nitrogens with zero attached hydrogens (tertiary/aromatic N) is 2. The first-order valence-corrected chi connectivity index (χ1v) is 11.7. The van der Waals surface area contributed by atoms with Gasteiger partial charge in [0.25, 0.3) is 5.91 Å². The Labute approximate surface area is 208 Å². The largest absolute Gasteiger partial charge is 0.495 e. The molecule has 0 atom stereocenters. The normalized spacial score (nSPS) is 10.7. The van der Waals surface area contributed by atoms with Crippen molar-refractivity contribution in [1.29, 1.82) is 0 Å². The molecule has 0 saturated heterocycles. The van der Waals surface area contributed by atoms with Crippen LogP contribution in [0.4, 0.5) is 16.2 Å². The number of amides is 2. The number of alkyl carbamates (subject to hydrolysis) is 1. The molecule has 2 aromatic carbocycles. The van der Waals surface area contributed by atoms with Gasteiger partial charge in [0.05, 0.1) is 37.3 Å². The Morgan fingerprint density at radius 3 is 2.49 bits per heavy atom. The number of nitrogens with two attached hydrogens (primary N) is 1. The number of hydrogen-bond donors (Lipinski definition) is 2. The van der Waals surface area contributed by atoms with Crippen LogP contribution >= 0.6 is 0 Å². The molecule has 0 aliphatic rings. The van der Waals surface area contributed by atoms with Crippen LogP contribution < -0.4 is 25.4 Å². The first kappa shape index (κ1) is 27.8. The average molecular weight is 487 g/mol. The summed E-state index contributed by atoms with van der Waals surface area (Å²) in [6, 6.07) is 10.8. The first-order chi connectivity index (χ1) is 16.7. The summed E-state index contributed by atoms with van der Waals surface area (Å²) >= 11 is 0. The molecule has 0 heterocycles. The minimum Gasteiger partial charge on any atom is -0.495 e. The summed E-state index contributed by atoms with van der Waals surface area (Å²) in [6.45, 7) is 4.19. The number of anilines is 2. The Morgan fingerprint density at radius 2 is 1.77 bits per heavy atom. The first-order valence-electron chi connectivity index (χ1n) is 11.7. The second-order valence-electron chi connectivity index (χ2n) is 8.53. The quantitative estimate of drug-likeness (QED) is 0.328. The highest BCUT2D eigenvalue weighted by atomic mass is 16.5. The maximum absolute atomic E-state index is 13.2. The van der Waals surface area contributed by atoms with E-state index in [0.717, 1.165) is 31.4 Å². The van der Waals surface area contributed by atoms with Crippen molar-refractivity contribution in [2.24, 2.45) is 0 Å². The number of aryl methyl sites for hydroxylation is 1. The zero-order chi connectivity index (χ0) is 25.8. The van der Waals surface area contributed by atoms with Gasteiger partial charge < -0.3 is 35.1 Å². The van der Waals surface area contributed by atoms with E-state index in [1.165, 1.54) is 12.0 Å². The van der Waals surface area contributed by atoms with Gasteiger partial charge in [0, 0.05) is 20.1 Å². The Hall–Kier alpha value is -3.46. The van der Waals surface area contributed by atoms with E-state index in [0.29, 0.717) is 48.2 Å². The molecule has 2 aromatic rings. The van der Waals surface area contributed by atoms with Gasteiger partial charge in [-0.05, 0) is 70.1 Å². The molecule has 0 aromatic heterocycles. The number of rotatable bonds is 13. The third-order valence-electron chi connectivity index (χ3n) is 5.38. The molecule has 2 rings (SSSR count). The van der Waals surface area contributed by atoms with Gasteiger partial charge in [-0.15, -0.1) is 0 Å². The van der Waals surface area contributed by atoms with Crippen LogP contribution in [0.25, 0.3) is 0 Å². The maximum atomic E-state index is 13.2. The summed E-state index contributed by atoms with van der Waals surface area (Å²) in [6.07, 6.45) is 1.87. The minimum absolute atomic E-state index is 0.261. The van der Waals surface area contributed by atoms with Crippen molar-refractivity contribution < 1.29 is 23.8 Å². The highest BCUT2D eigenvalue weighted by Crippen LogP contribution is 2.32. The van der Waals surface area contributed by atoms with Crippen LogP contribution in [0.5, 0.6) is 11.5 Å². The van der Waals surface area contributed by atoms with E-state index in [1.54, 1.807) is 25.2 Å². The smallest absolute Gasteiger partial charge is 0.407 e. The molecule has 0 spiro atoms. The SMILES string of the molecule is COc1cccc(C(=O)N(C)c2ccc(C)cc2OCCCCNC(=O)OCCCN(C)C)c1N. The molecular formula is C26H38N4O5. The molecule has 9 nitrogen and oxygen atoms in total. The van der Waals surface area contributed by atoms with Crippen molar-refractivity contribution in [3.05, 3.63) is 47.5 Å². The fraction of sp³-hybridized carbons (Fsp3) is 0.462. The number of carbonyl (C=O) groups excluding carboxylic acids is 2. The molecule has 2 amide bonds. The number of carbonyl (C=O) groups is 2. The number of methoxy groups -OCH3 is 1. The number of nitrogens with one attached hydrogen (secondary N) is 1. The van der Waals surface area contributed by atoms with Crippen LogP contribution in [0.2, 0.25) is 0 Å². The van der Waals surface area contributed by atoms with Crippen molar-refractivity contribution >= 4 is 23.4 Å². The van der Waals surface area contributed by atoms with E-state index in [-0.39, 0.29) is 5.91 Å². The van der Waals surface area contributed by atoms with Crippen molar-refractivity contribution in [3.63, 3.8) is 0 Å².